The van der Waals surface area contributed by atoms with Gasteiger partial charge in [-0.1, -0.05) is 43.3 Å². The minimum Gasteiger partial charge on any atom is -0.493 e. The first kappa shape index (κ1) is 35.6. The number of aromatic nitrogens is 2. The lowest BCUT2D eigenvalue weighted by molar-refractivity contribution is -0.237. The second-order valence-electron chi connectivity index (χ2n) is 10.8. The zero-order valence-electron chi connectivity index (χ0n) is 27.3. The van der Waals surface area contributed by atoms with E-state index in [1.54, 1.807) is 7.11 Å². The fourth-order valence-electron chi connectivity index (χ4n) is 5.12. The first-order chi connectivity index (χ1) is 22.5. The van der Waals surface area contributed by atoms with Gasteiger partial charge in [0.1, 0.15) is 12.7 Å². The number of carbonyl (C=O) groups is 4. The molecule has 5 atom stereocenters. The molecule has 3 aromatic rings. The second kappa shape index (κ2) is 16.5. The molecule has 1 aliphatic heterocycles. The van der Waals surface area contributed by atoms with Gasteiger partial charge in [0.05, 0.1) is 31.3 Å². The van der Waals surface area contributed by atoms with E-state index in [1.165, 1.54) is 27.7 Å². The number of unbranched alkanes of at least 4 members (excludes halogenated alkanes) is 1. The van der Waals surface area contributed by atoms with Gasteiger partial charge in [0.15, 0.2) is 40.4 Å². The first-order valence-corrected chi connectivity index (χ1v) is 16.1. The number of benzene rings is 2. The zero-order chi connectivity index (χ0) is 34.1. The molecule has 1 saturated heterocycles. The number of para-hydroxylation sites is 2. The topological polar surface area (TPSA) is 151 Å². The third-order valence-electron chi connectivity index (χ3n) is 7.11. The molecule has 14 heteroatoms. The number of ether oxygens (including phenoxy) is 7. The van der Waals surface area contributed by atoms with Crippen LogP contribution in [0, 0.1) is 0 Å². The van der Waals surface area contributed by atoms with Crippen LogP contribution in [0.5, 0.6) is 11.5 Å². The van der Waals surface area contributed by atoms with E-state index in [0.717, 1.165) is 35.7 Å². The summed E-state index contributed by atoms with van der Waals surface area (Å²) in [6, 6.07) is 13.3. The Balaban J connectivity index is 1.74. The standard InChI is InChI=1S/C33H40N2O11S/c1-7-8-15-41-26-14-13-23(16-27(26)40-6)17-35-25-12-10-9-11-24(25)34-33(35)47-32-31(45-22(5)39)30(44-21(4)38)29(43-20(3)37)28(46-32)18-42-19(2)36/h9-14,16,28-32H,7-8,15,17-18H2,1-6H3. The maximum atomic E-state index is 12.3. The molecule has 47 heavy (non-hydrogen) atoms. The highest BCUT2D eigenvalue weighted by atomic mass is 32.2. The number of rotatable bonds is 14. The van der Waals surface area contributed by atoms with Crippen molar-refractivity contribution >= 4 is 46.7 Å². The Morgan fingerprint density at radius 2 is 1.55 bits per heavy atom. The normalized spacial score (nSPS) is 20.7. The highest BCUT2D eigenvalue weighted by molar-refractivity contribution is 7.99. The van der Waals surface area contributed by atoms with Gasteiger partial charge in [-0.3, -0.25) is 19.2 Å². The van der Waals surface area contributed by atoms with Crippen LogP contribution in [-0.2, 0) is 49.4 Å². The summed E-state index contributed by atoms with van der Waals surface area (Å²) in [5.74, 6) is -1.43. The monoisotopic (exact) mass is 672 g/mol. The third-order valence-corrected chi connectivity index (χ3v) is 8.25. The van der Waals surface area contributed by atoms with Crippen molar-refractivity contribution in [1.29, 1.82) is 0 Å². The highest BCUT2D eigenvalue weighted by Gasteiger charge is 2.52. The lowest BCUT2D eigenvalue weighted by Crippen LogP contribution is -2.61. The number of nitrogens with zero attached hydrogens (tertiary/aromatic N) is 2. The van der Waals surface area contributed by atoms with Gasteiger partial charge in [-0.2, -0.15) is 0 Å². The molecule has 0 radical (unpaired) electrons. The quantitative estimate of drug-likeness (QED) is 0.135. The summed E-state index contributed by atoms with van der Waals surface area (Å²) < 4.78 is 41.8. The van der Waals surface area contributed by atoms with Crippen molar-refractivity contribution in [3.8, 4) is 11.5 Å². The molecular weight excluding hydrogens is 632 g/mol. The number of hydrogen-bond acceptors (Lipinski definition) is 13. The number of hydrogen-bond donors (Lipinski definition) is 0. The van der Waals surface area contributed by atoms with E-state index in [0.29, 0.717) is 35.3 Å². The van der Waals surface area contributed by atoms with Crippen LogP contribution in [0.15, 0.2) is 47.6 Å². The molecule has 0 aliphatic carbocycles. The summed E-state index contributed by atoms with van der Waals surface area (Å²) in [7, 11) is 1.59. The second-order valence-corrected chi connectivity index (χ2v) is 11.9. The maximum Gasteiger partial charge on any atom is 0.303 e. The van der Waals surface area contributed by atoms with Crippen LogP contribution >= 0.6 is 11.8 Å². The summed E-state index contributed by atoms with van der Waals surface area (Å²) >= 11 is 1.13. The van der Waals surface area contributed by atoms with E-state index in [2.05, 4.69) is 6.92 Å². The summed E-state index contributed by atoms with van der Waals surface area (Å²) in [5, 5.41) is 0.495. The van der Waals surface area contributed by atoms with E-state index >= 15 is 0 Å². The van der Waals surface area contributed by atoms with Gasteiger partial charge in [0.2, 0.25) is 0 Å². The summed E-state index contributed by atoms with van der Waals surface area (Å²) in [5.41, 5.74) is 1.39. The van der Waals surface area contributed by atoms with Crippen molar-refractivity contribution < 1.29 is 52.3 Å². The van der Waals surface area contributed by atoms with Gasteiger partial charge < -0.3 is 37.7 Å². The van der Waals surface area contributed by atoms with Crippen LogP contribution < -0.4 is 9.47 Å². The molecule has 0 amide bonds. The highest BCUT2D eigenvalue weighted by Crippen LogP contribution is 2.39. The Bertz CT molecular complexity index is 1580. The molecule has 1 aromatic heterocycles. The molecule has 1 aliphatic rings. The number of methoxy groups -OCH3 is 1. The van der Waals surface area contributed by atoms with E-state index in [4.69, 9.17) is 38.1 Å². The van der Waals surface area contributed by atoms with Crippen molar-refractivity contribution in [2.75, 3.05) is 20.3 Å². The Kier molecular flexibility index (Phi) is 12.5. The summed E-state index contributed by atoms with van der Waals surface area (Å²) in [6.45, 7) is 7.51. The van der Waals surface area contributed by atoms with Crippen molar-refractivity contribution in [3.05, 3.63) is 48.0 Å². The van der Waals surface area contributed by atoms with Gasteiger partial charge in [0, 0.05) is 27.7 Å². The molecule has 2 aromatic carbocycles. The smallest absolute Gasteiger partial charge is 0.303 e. The predicted molar refractivity (Wildman–Crippen MR) is 170 cm³/mol. The predicted octanol–water partition coefficient (Wildman–Crippen LogP) is 4.45. The largest absolute Gasteiger partial charge is 0.493 e. The Hall–Kier alpha value is -4.30. The van der Waals surface area contributed by atoms with E-state index in [9.17, 15) is 19.2 Å². The van der Waals surface area contributed by atoms with Crippen LogP contribution in [-0.4, -0.2) is 83.6 Å². The molecule has 13 nitrogen and oxygen atoms in total. The van der Waals surface area contributed by atoms with Gasteiger partial charge in [-0.05, 0) is 36.2 Å². The average molecular weight is 673 g/mol. The average Bonchev–Trinajstić information content (AvgIpc) is 3.35. The van der Waals surface area contributed by atoms with Gasteiger partial charge in [-0.15, -0.1) is 0 Å². The van der Waals surface area contributed by atoms with Crippen molar-refractivity contribution in [3.63, 3.8) is 0 Å². The van der Waals surface area contributed by atoms with Crippen molar-refractivity contribution in [2.45, 2.75) is 89.0 Å². The van der Waals surface area contributed by atoms with Gasteiger partial charge in [0.25, 0.3) is 0 Å². The molecule has 0 N–H and O–H groups in total. The molecule has 254 valence electrons. The van der Waals surface area contributed by atoms with Gasteiger partial charge >= 0.3 is 23.9 Å². The maximum absolute atomic E-state index is 12.3. The number of carbonyl (C=O) groups excluding carboxylic acids is 4. The van der Waals surface area contributed by atoms with Crippen molar-refractivity contribution in [2.24, 2.45) is 0 Å². The zero-order valence-corrected chi connectivity index (χ0v) is 28.1. The van der Waals surface area contributed by atoms with Gasteiger partial charge in [-0.25, -0.2) is 4.98 Å². The minimum atomic E-state index is -1.28. The Labute approximate surface area is 277 Å². The molecule has 0 saturated carbocycles. The van der Waals surface area contributed by atoms with E-state index < -0.39 is 53.7 Å². The first-order valence-electron chi connectivity index (χ1n) is 15.2. The fraction of sp³-hybridized carbons (Fsp3) is 0.485. The Morgan fingerprint density at radius 1 is 0.872 bits per heavy atom. The third kappa shape index (κ3) is 9.38. The van der Waals surface area contributed by atoms with Crippen LogP contribution in [0.4, 0.5) is 0 Å². The van der Waals surface area contributed by atoms with Crippen LogP contribution in [0.25, 0.3) is 11.0 Å². The molecule has 1 fully saturated rings. The molecule has 2 heterocycles. The fourth-order valence-corrected chi connectivity index (χ4v) is 6.31. The minimum absolute atomic E-state index is 0.322. The molecule has 0 spiro atoms. The molecule has 4 rings (SSSR count). The Morgan fingerprint density at radius 3 is 2.21 bits per heavy atom. The lowest BCUT2D eigenvalue weighted by atomic mass is 9.99. The lowest BCUT2D eigenvalue weighted by Gasteiger charge is -2.44. The van der Waals surface area contributed by atoms with Crippen LogP contribution in [0.2, 0.25) is 0 Å². The van der Waals surface area contributed by atoms with E-state index in [-0.39, 0.29) is 6.61 Å². The molecule has 5 unspecified atom stereocenters. The number of imidazole rings is 1. The molecular formula is C33H40N2O11S. The SMILES string of the molecule is CCCCOc1ccc(Cn2c(SC3OC(COC(C)=O)C(OC(C)=O)C(OC(C)=O)C3OC(C)=O)nc3ccccc32)cc1OC. The van der Waals surface area contributed by atoms with E-state index in [1.807, 2.05) is 47.0 Å². The number of fused-ring (bicyclic) bond motifs is 1. The molecule has 0 bridgehead atoms. The summed E-state index contributed by atoms with van der Waals surface area (Å²) in [4.78, 5) is 53.3. The number of esters is 4. The summed E-state index contributed by atoms with van der Waals surface area (Å²) in [6.07, 6.45) is -2.90. The van der Waals surface area contributed by atoms with Crippen LogP contribution in [0.3, 0.4) is 0 Å². The van der Waals surface area contributed by atoms with Crippen molar-refractivity contribution in [1.82, 2.24) is 9.55 Å². The number of thioether (sulfide) groups is 1. The van der Waals surface area contributed by atoms with Crippen LogP contribution in [0.1, 0.15) is 53.0 Å².